The minimum Gasteiger partial charge on any atom is -0.302 e. The second-order valence-corrected chi connectivity index (χ2v) is 5.84. The standard InChI is InChI=1S/C15H21ClN2/c1-15(2,12-17)9-6-10-18(3)11-13-7-4-5-8-14(13)16/h4-5,7-8H,6,9-11H2,1-3H3. The van der Waals surface area contributed by atoms with Gasteiger partial charge in [0.25, 0.3) is 0 Å². The molecule has 1 rings (SSSR count). The molecule has 0 saturated carbocycles. The Balaban J connectivity index is 2.37. The van der Waals surface area contributed by atoms with Gasteiger partial charge < -0.3 is 4.90 Å². The lowest BCUT2D eigenvalue weighted by atomic mass is 9.90. The van der Waals surface area contributed by atoms with Crippen LogP contribution in [-0.4, -0.2) is 18.5 Å². The van der Waals surface area contributed by atoms with E-state index in [2.05, 4.69) is 24.1 Å². The molecule has 2 nitrogen and oxygen atoms in total. The molecule has 0 aliphatic rings. The van der Waals surface area contributed by atoms with Gasteiger partial charge in [0.2, 0.25) is 0 Å². The predicted molar refractivity (Wildman–Crippen MR) is 76.4 cm³/mol. The van der Waals surface area contributed by atoms with Crippen molar-refractivity contribution >= 4 is 11.6 Å². The molecule has 0 heterocycles. The quantitative estimate of drug-likeness (QED) is 0.773. The molecule has 0 unspecified atom stereocenters. The summed E-state index contributed by atoms with van der Waals surface area (Å²) >= 11 is 6.13. The molecule has 0 N–H and O–H groups in total. The Morgan fingerprint density at radius 2 is 2.00 bits per heavy atom. The summed E-state index contributed by atoms with van der Waals surface area (Å²) in [5, 5.41) is 9.77. The molecule has 0 fully saturated rings. The van der Waals surface area contributed by atoms with Crippen LogP contribution in [0.5, 0.6) is 0 Å². The molecular weight excluding hydrogens is 244 g/mol. The van der Waals surface area contributed by atoms with Crippen LogP contribution < -0.4 is 0 Å². The molecule has 0 aliphatic carbocycles. The minimum atomic E-state index is -0.217. The van der Waals surface area contributed by atoms with E-state index in [1.54, 1.807) is 0 Å². The monoisotopic (exact) mass is 264 g/mol. The van der Waals surface area contributed by atoms with Crippen molar-refractivity contribution < 1.29 is 0 Å². The van der Waals surface area contributed by atoms with Crippen molar-refractivity contribution in [2.75, 3.05) is 13.6 Å². The van der Waals surface area contributed by atoms with Crippen molar-refractivity contribution in [3.05, 3.63) is 34.9 Å². The molecule has 98 valence electrons. The first-order valence-electron chi connectivity index (χ1n) is 6.28. The van der Waals surface area contributed by atoms with Crippen molar-refractivity contribution in [3.63, 3.8) is 0 Å². The maximum atomic E-state index is 8.95. The molecule has 1 aromatic carbocycles. The van der Waals surface area contributed by atoms with Gasteiger partial charge in [-0.15, -0.1) is 0 Å². The van der Waals surface area contributed by atoms with Crippen molar-refractivity contribution in [3.8, 4) is 6.07 Å². The van der Waals surface area contributed by atoms with Gasteiger partial charge in [-0.05, 0) is 51.9 Å². The van der Waals surface area contributed by atoms with E-state index in [4.69, 9.17) is 16.9 Å². The van der Waals surface area contributed by atoms with Gasteiger partial charge in [-0.25, -0.2) is 0 Å². The van der Waals surface area contributed by atoms with Crippen molar-refractivity contribution in [1.29, 1.82) is 5.26 Å². The number of nitrogens with zero attached hydrogens (tertiary/aromatic N) is 2. The zero-order valence-corrected chi connectivity index (χ0v) is 12.2. The van der Waals surface area contributed by atoms with Gasteiger partial charge in [0.15, 0.2) is 0 Å². The summed E-state index contributed by atoms with van der Waals surface area (Å²) in [6, 6.07) is 10.3. The van der Waals surface area contributed by atoms with E-state index >= 15 is 0 Å². The van der Waals surface area contributed by atoms with Crippen LogP contribution >= 0.6 is 11.6 Å². The Morgan fingerprint density at radius 1 is 1.33 bits per heavy atom. The molecule has 18 heavy (non-hydrogen) atoms. The lowest BCUT2D eigenvalue weighted by molar-refractivity contribution is 0.298. The fraction of sp³-hybridized carbons (Fsp3) is 0.533. The van der Waals surface area contributed by atoms with Crippen LogP contribution in [0.25, 0.3) is 0 Å². The summed E-state index contributed by atoms with van der Waals surface area (Å²) in [4.78, 5) is 2.24. The van der Waals surface area contributed by atoms with E-state index in [1.807, 2.05) is 32.0 Å². The molecule has 0 atom stereocenters. The third kappa shape index (κ3) is 5.08. The van der Waals surface area contributed by atoms with Crippen LogP contribution in [0.1, 0.15) is 32.3 Å². The van der Waals surface area contributed by atoms with E-state index in [1.165, 1.54) is 0 Å². The summed E-state index contributed by atoms with van der Waals surface area (Å²) in [6.45, 7) is 5.81. The number of benzene rings is 1. The first-order valence-corrected chi connectivity index (χ1v) is 6.65. The van der Waals surface area contributed by atoms with Crippen LogP contribution in [0.3, 0.4) is 0 Å². The van der Waals surface area contributed by atoms with Gasteiger partial charge in [0, 0.05) is 11.6 Å². The van der Waals surface area contributed by atoms with Crippen molar-refractivity contribution in [2.45, 2.75) is 33.2 Å². The smallest absolute Gasteiger partial charge is 0.0683 e. The highest BCUT2D eigenvalue weighted by Gasteiger charge is 2.16. The molecule has 0 radical (unpaired) electrons. The summed E-state index contributed by atoms with van der Waals surface area (Å²) in [5.41, 5.74) is 0.937. The number of nitriles is 1. The third-order valence-corrected chi connectivity index (χ3v) is 3.41. The Bertz CT molecular complexity index is 421. The Hall–Kier alpha value is -1.04. The highest BCUT2D eigenvalue weighted by Crippen LogP contribution is 2.21. The lowest BCUT2D eigenvalue weighted by Gasteiger charge is -2.20. The largest absolute Gasteiger partial charge is 0.302 e. The maximum Gasteiger partial charge on any atom is 0.0683 e. The molecule has 3 heteroatoms. The second-order valence-electron chi connectivity index (χ2n) is 5.43. The van der Waals surface area contributed by atoms with Crippen LogP contribution in [-0.2, 0) is 6.54 Å². The zero-order valence-electron chi connectivity index (χ0n) is 11.4. The first kappa shape index (κ1) is 15.0. The molecular formula is C15H21ClN2. The zero-order chi connectivity index (χ0) is 13.6. The highest BCUT2D eigenvalue weighted by molar-refractivity contribution is 6.31. The van der Waals surface area contributed by atoms with E-state index in [0.717, 1.165) is 36.5 Å². The van der Waals surface area contributed by atoms with Gasteiger partial charge in [-0.1, -0.05) is 29.8 Å². The summed E-state index contributed by atoms with van der Waals surface area (Å²) in [6.07, 6.45) is 1.96. The van der Waals surface area contributed by atoms with Crippen molar-refractivity contribution in [1.82, 2.24) is 4.90 Å². The minimum absolute atomic E-state index is 0.217. The Kier molecular flexibility index (Phi) is 5.65. The maximum absolute atomic E-state index is 8.95. The SMILES string of the molecule is CN(CCCC(C)(C)C#N)Cc1ccccc1Cl. The summed E-state index contributed by atoms with van der Waals surface area (Å²) in [5.74, 6) is 0. The molecule has 0 bridgehead atoms. The average Bonchev–Trinajstić information content (AvgIpc) is 2.32. The normalized spacial score (nSPS) is 11.6. The molecule has 0 saturated heterocycles. The average molecular weight is 265 g/mol. The van der Waals surface area contributed by atoms with Crippen molar-refractivity contribution in [2.24, 2.45) is 5.41 Å². The lowest BCUT2D eigenvalue weighted by Crippen LogP contribution is -2.21. The van der Waals surface area contributed by atoms with E-state index in [0.29, 0.717) is 0 Å². The fourth-order valence-electron chi connectivity index (χ4n) is 1.84. The first-order chi connectivity index (χ1) is 8.44. The number of halogens is 1. The number of hydrogen-bond donors (Lipinski definition) is 0. The Labute approximate surface area is 115 Å². The van der Waals surface area contributed by atoms with Gasteiger partial charge in [0.1, 0.15) is 0 Å². The second kappa shape index (κ2) is 6.78. The topological polar surface area (TPSA) is 27.0 Å². The molecule has 1 aromatic rings. The molecule has 0 spiro atoms. The van der Waals surface area contributed by atoms with Crippen LogP contribution in [0, 0.1) is 16.7 Å². The number of hydrogen-bond acceptors (Lipinski definition) is 2. The predicted octanol–water partition coefficient (Wildman–Crippen LogP) is 4.10. The molecule has 0 aromatic heterocycles. The van der Waals surface area contributed by atoms with E-state index in [-0.39, 0.29) is 5.41 Å². The van der Waals surface area contributed by atoms with E-state index < -0.39 is 0 Å². The van der Waals surface area contributed by atoms with Gasteiger partial charge >= 0.3 is 0 Å². The van der Waals surface area contributed by atoms with Gasteiger partial charge in [-0.2, -0.15) is 5.26 Å². The number of rotatable bonds is 6. The molecule has 0 aliphatic heterocycles. The Morgan fingerprint density at radius 3 is 2.61 bits per heavy atom. The molecule has 0 amide bonds. The van der Waals surface area contributed by atoms with Crippen LogP contribution in [0.4, 0.5) is 0 Å². The van der Waals surface area contributed by atoms with E-state index in [9.17, 15) is 0 Å². The summed E-state index contributed by atoms with van der Waals surface area (Å²) in [7, 11) is 2.09. The van der Waals surface area contributed by atoms with Crippen LogP contribution in [0.15, 0.2) is 24.3 Å². The van der Waals surface area contributed by atoms with Gasteiger partial charge in [0.05, 0.1) is 11.5 Å². The van der Waals surface area contributed by atoms with Crippen LogP contribution in [0.2, 0.25) is 5.02 Å². The summed E-state index contributed by atoms with van der Waals surface area (Å²) < 4.78 is 0. The van der Waals surface area contributed by atoms with Gasteiger partial charge in [-0.3, -0.25) is 0 Å². The fourth-order valence-corrected chi connectivity index (χ4v) is 2.04. The third-order valence-electron chi connectivity index (χ3n) is 3.04. The highest BCUT2D eigenvalue weighted by atomic mass is 35.5.